The normalized spacial score (nSPS) is 20.1. The van der Waals surface area contributed by atoms with Crippen LogP contribution in [-0.4, -0.2) is 26.6 Å². The number of benzene rings is 1. The molecule has 0 radical (unpaired) electrons. The van der Waals surface area contributed by atoms with Gasteiger partial charge in [-0.2, -0.15) is 0 Å². The van der Waals surface area contributed by atoms with Gasteiger partial charge in [-0.1, -0.05) is 12.1 Å². The van der Waals surface area contributed by atoms with Gasteiger partial charge in [0.2, 0.25) is 10.0 Å². The number of para-hydroxylation sites is 2. The Morgan fingerprint density at radius 2 is 2.00 bits per heavy atom. The molecule has 1 atom stereocenters. The highest BCUT2D eigenvalue weighted by Crippen LogP contribution is 2.28. The number of Topliss-reactive ketones (excluding diaryl/α,β-unsaturated/α-hetero) is 1. The molecule has 0 bridgehead atoms. The molecule has 0 aromatic heterocycles. The molecule has 0 aliphatic heterocycles. The SMILES string of the molecule is CS(=O)(=O)Nc1ccccc1OC1CCCCC1=O. The smallest absolute Gasteiger partial charge is 0.229 e. The Morgan fingerprint density at radius 3 is 2.68 bits per heavy atom. The molecule has 1 N–H and O–H groups in total. The lowest BCUT2D eigenvalue weighted by Crippen LogP contribution is -2.30. The van der Waals surface area contributed by atoms with E-state index in [1.165, 1.54) is 0 Å². The fraction of sp³-hybridized carbons (Fsp3) is 0.462. The van der Waals surface area contributed by atoms with Crippen LogP contribution in [-0.2, 0) is 14.8 Å². The number of ketones is 1. The van der Waals surface area contributed by atoms with Crippen LogP contribution in [0.1, 0.15) is 25.7 Å². The number of carbonyl (C=O) groups is 1. The van der Waals surface area contributed by atoms with Crippen LogP contribution < -0.4 is 9.46 Å². The molecule has 19 heavy (non-hydrogen) atoms. The molecule has 1 saturated carbocycles. The predicted molar refractivity (Wildman–Crippen MR) is 72.8 cm³/mol. The van der Waals surface area contributed by atoms with Crippen molar-refractivity contribution in [3.05, 3.63) is 24.3 Å². The first-order chi connectivity index (χ1) is 8.96. The summed E-state index contributed by atoms with van der Waals surface area (Å²) in [6, 6.07) is 6.73. The average Bonchev–Trinajstić information content (AvgIpc) is 2.33. The lowest BCUT2D eigenvalue weighted by atomic mass is 9.96. The molecule has 0 amide bonds. The second kappa shape index (κ2) is 5.61. The molecule has 1 unspecified atom stereocenters. The van der Waals surface area contributed by atoms with Gasteiger partial charge in [-0.25, -0.2) is 8.42 Å². The number of nitrogens with one attached hydrogen (secondary N) is 1. The zero-order chi connectivity index (χ0) is 13.9. The summed E-state index contributed by atoms with van der Waals surface area (Å²) in [4.78, 5) is 11.7. The minimum atomic E-state index is -3.37. The van der Waals surface area contributed by atoms with Crippen LogP contribution in [0.4, 0.5) is 5.69 Å². The van der Waals surface area contributed by atoms with Gasteiger partial charge in [0.15, 0.2) is 11.9 Å². The lowest BCUT2D eigenvalue weighted by Gasteiger charge is -2.23. The first kappa shape index (κ1) is 13.9. The summed E-state index contributed by atoms with van der Waals surface area (Å²) in [5, 5.41) is 0. The summed E-state index contributed by atoms with van der Waals surface area (Å²) in [7, 11) is -3.37. The summed E-state index contributed by atoms with van der Waals surface area (Å²) in [5.41, 5.74) is 0.364. The van der Waals surface area contributed by atoms with Crippen molar-refractivity contribution in [2.45, 2.75) is 31.8 Å². The fourth-order valence-electron chi connectivity index (χ4n) is 2.08. The van der Waals surface area contributed by atoms with Gasteiger partial charge in [-0.05, 0) is 31.4 Å². The Kier molecular flexibility index (Phi) is 4.09. The summed E-state index contributed by atoms with van der Waals surface area (Å²) >= 11 is 0. The highest BCUT2D eigenvalue weighted by Gasteiger charge is 2.24. The summed E-state index contributed by atoms with van der Waals surface area (Å²) in [6.07, 6.45) is 3.70. The zero-order valence-electron chi connectivity index (χ0n) is 10.8. The minimum absolute atomic E-state index is 0.0837. The maximum Gasteiger partial charge on any atom is 0.229 e. The molecule has 1 aromatic rings. The van der Waals surface area contributed by atoms with E-state index in [2.05, 4.69) is 4.72 Å². The molecule has 6 heteroatoms. The highest BCUT2D eigenvalue weighted by atomic mass is 32.2. The molecule has 1 aromatic carbocycles. The van der Waals surface area contributed by atoms with Gasteiger partial charge in [-0.3, -0.25) is 9.52 Å². The maximum atomic E-state index is 11.7. The van der Waals surface area contributed by atoms with E-state index in [-0.39, 0.29) is 5.78 Å². The quantitative estimate of drug-likeness (QED) is 0.916. The van der Waals surface area contributed by atoms with Crippen molar-refractivity contribution in [2.24, 2.45) is 0 Å². The number of hydrogen-bond acceptors (Lipinski definition) is 4. The number of hydrogen-bond donors (Lipinski definition) is 1. The van der Waals surface area contributed by atoms with Gasteiger partial charge in [0.05, 0.1) is 11.9 Å². The Bertz CT molecular complexity index is 568. The monoisotopic (exact) mass is 283 g/mol. The molecule has 0 heterocycles. The van der Waals surface area contributed by atoms with Crippen LogP contribution in [0.15, 0.2) is 24.3 Å². The van der Waals surface area contributed by atoms with Crippen LogP contribution in [0.2, 0.25) is 0 Å². The first-order valence-electron chi connectivity index (χ1n) is 6.22. The third-order valence-electron chi connectivity index (χ3n) is 2.95. The van der Waals surface area contributed by atoms with Crippen LogP contribution in [0.25, 0.3) is 0 Å². The van der Waals surface area contributed by atoms with Crippen LogP contribution in [0.3, 0.4) is 0 Å². The molecule has 2 rings (SSSR count). The van der Waals surface area contributed by atoms with Crippen LogP contribution in [0.5, 0.6) is 5.75 Å². The summed E-state index contributed by atoms with van der Waals surface area (Å²) < 4.78 is 30.6. The molecule has 5 nitrogen and oxygen atoms in total. The molecule has 1 fully saturated rings. The van der Waals surface area contributed by atoms with E-state index in [1.807, 2.05) is 0 Å². The van der Waals surface area contributed by atoms with Crippen molar-refractivity contribution in [2.75, 3.05) is 11.0 Å². The molecular formula is C13H17NO4S. The standard InChI is InChI=1S/C13H17NO4S/c1-19(16,17)14-10-6-2-4-8-12(10)18-13-9-5-3-7-11(13)15/h2,4,6,8,13-14H,3,5,7,9H2,1H3. The molecule has 0 spiro atoms. The van der Waals surface area contributed by atoms with Crippen molar-refractivity contribution >= 4 is 21.5 Å². The number of rotatable bonds is 4. The number of anilines is 1. The third kappa shape index (κ3) is 3.96. The summed E-state index contributed by atoms with van der Waals surface area (Å²) in [5.74, 6) is 0.480. The van der Waals surface area contributed by atoms with E-state index in [0.717, 1.165) is 19.1 Å². The number of ether oxygens (including phenoxy) is 1. The van der Waals surface area contributed by atoms with Gasteiger partial charge in [-0.15, -0.1) is 0 Å². The Hall–Kier alpha value is -1.56. The van der Waals surface area contributed by atoms with Crippen molar-refractivity contribution < 1.29 is 17.9 Å². The average molecular weight is 283 g/mol. The zero-order valence-corrected chi connectivity index (χ0v) is 11.6. The van der Waals surface area contributed by atoms with E-state index in [1.54, 1.807) is 24.3 Å². The summed E-state index contributed by atoms with van der Waals surface area (Å²) in [6.45, 7) is 0. The lowest BCUT2D eigenvalue weighted by molar-refractivity contribution is -0.127. The second-order valence-electron chi connectivity index (χ2n) is 4.69. The van der Waals surface area contributed by atoms with Gasteiger partial charge in [0, 0.05) is 6.42 Å². The van der Waals surface area contributed by atoms with Gasteiger partial charge >= 0.3 is 0 Å². The highest BCUT2D eigenvalue weighted by molar-refractivity contribution is 7.92. The Balaban J connectivity index is 2.17. The topological polar surface area (TPSA) is 72.5 Å². The van der Waals surface area contributed by atoms with Crippen molar-refractivity contribution in [1.29, 1.82) is 0 Å². The number of carbonyl (C=O) groups excluding carboxylic acids is 1. The van der Waals surface area contributed by atoms with Gasteiger partial charge in [0.25, 0.3) is 0 Å². The second-order valence-corrected chi connectivity index (χ2v) is 6.44. The number of sulfonamides is 1. The molecular weight excluding hydrogens is 266 g/mol. The van der Waals surface area contributed by atoms with Crippen molar-refractivity contribution in [3.8, 4) is 5.75 Å². The van der Waals surface area contributed by atoms with E-state index < -0.39 is 16.1 Å². The Morgan fingerprint density at radius 1 is 1.26 bits per heavy atom. The maximum absolute atomic E-state index is 11.7. The van der Waals surface area contributed by atoms with Crippen LogP contribution >= 0.6 is 0 Å². The van der Waals surface area contributed by atoms with E-state index >= 15 is 0 Å². The Labute approximate surface area is 113 Å². The molecule has 104 valence electrons. The molecule has 1 aliphatic carbocycles. The minimum Gasteiger partial charge on any atom is -0.480 e. The van der Waals surface area contributed by atoms with Crippen LogP contribution in [0, 0.1) is 0 Å². The van der Waals surface area contributed by atoms with Crippen molar-refractivity contribution in [1.82, 2.24) is 0 Å². The third-order valence-corrected chi connectivity index (χ3v) is 3.54. The van der Waals surface area contributed by atoms with Gasteiger partial charge < -0.3 is 4.74 Å². The molecule has 0 saturated heterocycles. The fourth-order valence-corrected chi connectivity index (χ4v) is 2.65. The van der Waals surface area contributed by atoms with E-state index in [9.17, 15) is 13.2 Å². The van der Waals surface area contributed by atoms with Crippen molar-refractivity contribution in [3.63, 3.8) is 0 Å². The van der Waals surface area contributed by atoms with Gasteiger partial charge in [0.1, 0.15) is 5.75 Å². The van der Waals surface area contributed by atoms with E-state index in [0.29, 0.717) is 24.3 Å². The predicted octanol–water partition coefficient (Wildman–Crippen LogP) is 1.95. The van der Waals surface area contributed by atoms with E-state index in [4.69, 9.17) is 4.74 Å². The molecule has 1 aliphatic rings. The first-order valence-corrected chi connectivity index (χ1v) is 8.11. The largest absolute Gasteiger partial charge is 0.480 e.